The standard InChI is InChI=1S/C23H25F3O8/c1-13-5-2-8-16(27)20(30)17(28)9-3-7-15-11-14(12-18(29)19(15)21(31)34-13)6-4-10-33-22(32)23(24,25)26/h2-3,7-8,11-13,17,20,28-30H,4-6,9-10H2,1H3/b7-3+,8-2-/t13-,17-,20+/m0/s1. The summed E-state index contributed by atoms with van der Waals surface area (Å²) in [5.41, 5.74) is 0.465. The van der Waals surface area contributed by atoms with Crippen molar-refractivity contribution >= 4 is 23.8 Å². The molecule has 0 spiro atoms. The number of halogens is 3. The Bertz CT molecular complexity index is 968. The molecule has 0 bridgehead atoms. The summed E-state index contributed by atoms with van der Waals surface area (Å²) in [6.45, 7) is 1.06. The fraction of sp³-hybridized carbons (Fsp3) is 0.435. The molecule has 0 radical (unpaired) electrons. The Morgan fingerprint density at radius 2 is 1.82 bits per heavy atom. The van der Waals surface area contributed by atoms with E-state index >= 15 is 0 Å². The van der Waals surface area contributed by atoms with E-state index in [9.17, 15) is 42.9 Å². The minimum atomic E-state index is -5.09. The number of ether oxygens (including phenoxy) is 2. The lowest BCUT2D eigenvalue weighted by Crippen LogP contribution is -2.32. The van der Waals surface area contributed by atoms with E-state index < -0.39 is 54.6 Å². The number of aryl methyl sites for hydroxylation is 1. The smallest absolute Gasteiger partial charge is 0.490 e. The SMILES string of the molecule is C[C@H]1C/C=C\C(=O)[C@@H](O)[C@@H](O)C/C=C/c2cc(CCCOC(=O)C(F)(F)F)cc(O)c2C(=O)O1. The van der Waals surface area contributed by atoms with E-state index in [0.29, 0.717) is 5.56 Å². The molecule has 34 heavy (non-hydrogen) atoms. The topological polar surface area (TPSA) is 130 Å². The molecule has 0 amide bonds. The summed E-state index contributed by atoms with van der Waals surface area (Å²) in [5, 5.41) is 30.4. The molecule has 0 fully saturated rings. The Labute approximate surface area is 193 Å². The second kappa shape index (κ2) is 11.8. The largest absolute Gasteiger partial charge is 0.507 e. The van der Waals surface area contributed by atoms with Gasteiger partial charge in [-0.25, -0.2) is 9.59 Å². The number of esters is 2. The van der Waals surface area contributed by atoms with Crippen LogP contribution < -0.4 is 0 Å². The number of aromatic hydroxyl groups is 1. The molecule has 3 atom stereocenters. The molecule has 1 heterocycles. The summed E-state index contributed by atoms with van der Waals surface area (Å²) in [4.78, 5) is 35.4. The average Bonchev–Trinajstić information content (AvgIpc) is 2.74. The lowest BCUT2D eigenvalue weighted by atomic mass is 9.98. The number of phenols is 1. The van der Waals surface area contributed by atoms with E-state index in [-0.39, 0.29) is 36.8 Å². The third-order valence-corrected chi connectivity index (χ3v) is 4.88. The molecule has 0 saturated heterocycles. The molecule has 0 aliphatic carbocycles. The third-order valence-electron chi connectivity index (χ3n) is 4.88. The quantitative estimate of drug-likeness (QED) is 0.438. The minimum Gasteiger partial charge on any atom is -0.507 e. The second-order valence-electron chi connectivity index (χ2n) is 7.72. The van der Waals surface area contributed by atoms with Gasteiger partial charge in [-0.2, -0.15) is 13.2 Å². The summed E-state index contributed by atoms with van der Waals surface area (Å²) in [6.07, 6.45) is -3.44. The van der Waals surface area contributed by atoms with Gasteiger partial charge in [-0.05, 0) is 49.5 Å². The Hall–Kier alpha value is -3.18. The highest BCUT2D eigenvalue weighted by atomic mass is 19.4. The molecule has 11 heteroatoms. The maximum atomic E-state index is 12.7. The number of aliphatic hydroxyl groups excluding tert-OH is 2. The van der Waals surface area contributed by atoms with Crippen molar-refractivity contribution in [1.82, 2.24) is 0 Å². The Balaban J connectivity index is 2.26. The van der Waals surface area contributed by atoms with Crippen molar-refractivity contribution in [2.75, 3.05) is 6.61 Å². The van der Waals surface area contributed by atoms with Crippen molar-refractivity contribution < 1.29 is 52.3 Å². The zero-order valence-corrected chi connectivity index (χ0v) is 18.2. The third kappa shape index (κ3) is 7.70. The monoisotopic (exact) mass is 486 g/mol. The lowest BCUT2D eigenvalue weighted by Gasteiger charge is -2.17. The fourth-order valence-electron chi connectivity index (χ4n) is 3.15. The number of carbonyl (C=O) groups excluding carboxylic acids is 3. The number of cyclic esters (lactones) is 1. The lowest BCUT2D eigenvalue weighted by molar-refractivity contribution is -0.199. The molecule has 8 nitrogen and oxygen atoms in total. The molecular weight excluding hydrogens is 461 g/mol. The Kier molecular flexibility index (Phi) is 9.39. The number of fused-ring (bicyclic) bond motifs is 1. The van der Waals surface area contributed by atoms with E-state index in [1.807, 2.05) is 0 Å². The first-order valence-corrected chi connectivity index (χ1v) is 10.4. The number of rotatable bonds is 4. The zero-order valence-electron chi connectivity index (χ0n) is 18.2. The number of hydrogen-bond donors (Lipinski definition) is 3. The highest BCUT2D eigenvalue weighted by Gasteiger charge is 2.40. The van der Waals surface area contributed by atoms with Gasteiger partial charge < -0.3 is 24.8 Å². The highest BCUT2D eigenvalue weighted by Crippen LogP contribution is 2.28. The summed E-state index contributed by atoms with van der Waals surface area (Å²) in [6, 6.07) is 2.74. The summed E-state index contributed by atoms with van der Waals surface area (Å²) >= 11 is 0. The number of aliphatic hydroxyl groups is 2. The molecule has 2 rings (SSSR count). The van der Waals surface area contributed by atoms with Gasteiger partial charge in [0.25, 0.3) is 0 Å². The number of phenolic OH excluding ortho intramolecular Hbond substituents is 1. The van der Waals surface area contributed by atoms with Crippen LogP contribution in [-0.4, -0.2) is 64.1 Å². The van der Waals surface area contributed by atoms with E-state index in [1.165, 1.54) is 30.4 Å². The van der Waals surface area contributed by atoms with Gasteiger partial charge in [-0.1, -0.05) is 24.3 Å². The number of ketones is 1. The number of alkyl halides is 3. The Morgan fingerprint density at radius 3 is 2.50 bits per heavy atom. The van der Waals surface area contributed by atoms with Crippen LogP contribution in [0.2, 0.25) is 0 Å². The summed E-state index contributed by atoms with van der Waals surface area (Å²) in [5.74, 6) is -4.27. The van der Waals surface area contributed by atoms with E-state index in [2.05, 4.69) is 4.74 Å². The van der Waals surface area contributed by atoms with Crippen LogP contribution in [0.1, 0.15) is 47.7 Å². The minimum absolute atomic E-state index is 0.0184. The van der Waals surface area contributed by atoms with Crippen LogP contribution in [0.25, 0.3) is 6.08 Å². The van der Waals surface area contributed by atoms with Gasteiger partial charge >= 0.3 is 18.1 Å². The number of hydrogen-bond acceptors (Lipinski definition) is 8. The molecule has 0 unspecified atom stereocenters. The van der Waals surface area contributed by atoms with Crippen molar-refractivity contribution in [3.05, 3.63) is 47.1 Å². The van der Waals surface area contributed by atoms with Gasteiger partial charge in [-0.15, -0.1) is 0 Å². The first-order chi connectivity index (χ1) is 15.9. The van der Waals surface area contributed by atoms with E-state index in [1.54, 1.807) is 6.92 Å². The van der Waals surface area contributed by atoms with Crippen LogP contribution >= 0.6 is 0 Å². The van der Waals surface area contributed by atoms with Gasteiger partial charge in [0.2, 0.25) is 0 Å². The Morgan fingerprint density at radius 1 is 1.15 bits per heavy atom. The predicted molar refractivity (Wildman–Crippen MR) is 113 cm³/mol. The molecule has 0 saturated carbocycles. The zero-order chi connectivity index (χ0) is 25.5. The number of carbonyl (C=O) groups is 3. The van der Waals surface area contributed by atoms with Crippen LogP contribution in [0.15, 0.2) is 30.4 Å². The molecule has 1 aliphatic rings. The fourth-order valence-corrected chi connectivity index (χ4v) is 3.15. The van der Waals surface area contributed by atoms with Crippen molar-refractivity contribution in [1.29, 1.82) is 0 Å². The van der Waals surface area contributed by atoms with Gasteiger partial charge in [0.05, 0.1) is 12.7 Å². The van der Waals surface area contributed by atoms with Gasteiger partial charge in [0.15, 0.2) is 5.78 Å². The van der Waals surface area contributed by atoms with Crippen LogP contribution in [0.5, 0.6) is 5.75 Å². The molecule has 3 N–H and O–H groups in total. The second-order valence-corrected chi connectivity index (χ2v) is 7.72. The molecular formula is C23H25F3O8. The van der Waals surface area contributed by atoms with Crippen LogP contribution in [0.4, 0.5) is 13.2 Å². The first-order valence-electron chi connectivity index (χ1n) is 10.4. The van der Waals surface area contributed by atoms with Gasteiger partial charge in [-0.3, -0.25) is 4.79 Å². The maximum Gasteiger partial charge on any atom is 0.490 e. The first kappa shape index (κ1) is 27.1. The van der Waals surface area contributed by atoms with E-state index in [4.69, 9.17) is 4.74 Å². The van der Waals surface area contributed by atoms with Crippen LogP contribution in [-0.2, 0) is 25.5 Å². The van der Waals surface area contributed by atoms with Crippen molar-refractivity contribution in [3.8, 4) is 5.75 Å². The highest BCUT2D eigenvalue weighted by molar-refractivity contribution is 5.97. The number of benzene rings is 1. The van der Waals surface area contributed by atoms with Crippen molar-refractivity contribution in [3.63, 3.8) is 0 Å². The predicted octanol–water partition coefficient (Wildman–Crippen LogP) is 2.63. The molecule has 1 aliphatic heterocycles. The molecule has 1 aromatic rings. The molecule has 0 aromatic heterocycles. The normalized spacial score (nSPS) is 23.9. The van der Waals surface area contributed by atoms with Crippen LogP contribution in [0, 0.1) is 0 Å². The average molecular weight is 486 g/mol. The van der Waals surface area contributed by atoms with Gasteiger partial charge in [0.1, 0.15) is 23.5 Å². The molecule has 186 valence electrons. The van der Waals surface area contributed by atoms with Crippen molar-refractivity contribution in [2.24, 2.45) is 0 Å². The van der Waals surface area contributed by atoms with Gasteiger partial charge in [0, 0.05) is 6.42 Å². The van der Waals surface area contributed by atoms with Crippen LogP contribution in [0.3, 0.4) is 0 Å². The van der Waals surface area contributed by atoms with E-state index in [0.717, 1.165) is 6.08 Å². The maximum absolute atomic E-state index is 12.7. The van der Waals surface area contributed by atoms with Crippen molar-refractivity contribution in [2.45, 2.75) is 57.1 Å². The summed E-state index contributed by atoms with van der Waals surface area (Å²) in [7, 11) is 0. The summed E-state index contributed by atoms with van der Waals surface area (Å²) < 4.78 is 46.1. The molecule has 1 aromatic carbocycles.